The monoisotopic (exact) mass is 517 g/mol. The second kappa shape index (κ2) is 10.5. The largest absolute Gasteiger partial charge is 0.337 e. The van der Waals surface area contributed by atoms with Crippen molar-refractivity contribution in [3.63, 3.8) is 0 Å². The molecule has 1 saturated heterocycles. The van der Waals surface area contributed by atoms with E-state index in [1.54, 1.807) is 19.2 Å². The maximum Gasteiger partial charge on any atom is 0.319 e. The summed E-state index contributed by atoms with van der Waals surface area (Å²) in [5, 5.41) is 8.66. The van der Waals surface area contributed by atoms with Crippen molar-refractivity contribution in [3.05, 3.63) is 78.5 Å². The number of nitrogens with zero attached hydrogens (tertiary/aromatic N) is 3. The van der Waals surface area contributed by atoms with Crippen LogP contribution in [0.5, 0.6) is 0 Å². The molecular weight excluding hydrogens is 486 g/mol. The molecule has 5 rings (SSSR count). The molecule has 0 aliphatic carbocycles. The van der Waals surface area contributed by atoms with Gasteiger partial charge in [0.1, 0.15) is 0 Å². The third-order valence-electron chi connectivity index (χ3n) is 6.97. The van der Waals surface area contributed by atoms with Crippen LogP contribution in [0.25, 0.3) is 21.7 Å². The molecule has 0 bridgehead atoms. The summed E-state index contributed by atoms with van der Waals surface area (Å²) in [5.74, 6) is 0. The molecule has 1 aliphatic rings. The number of hydrogen-bond acceptors (Lipinski definition) is 5. The minimum atomic E-state index is -3.61. The summed E-state index contributed by atoms with van der Waals surface area (Å²) in [4.78, 5) is 19.5. The van der Waals surface area contributed by atoms with Crippen molar-refractivity contribution in [2.24, 2.45) is 0 Å². The number of rotatable bonds is 7. The first-order chi connectivity index (χ1) is 17.8. The number of aromatic nitrogens is 1. The minimum Gasteiger partial charge on any atom is -0.337 e. The van der Waals surface area contributed by atoms with Crippen LogP contribution in [0.1, 0.15) is 12.1 Å². The number of likely N-dealkylation sites (N-methyl/N-ethyl adjacent to an activating group) is 1. The SMILES string of the molecule is Cc1cc(NC(=O)NCCN2CCC(N(C)S(=O)(=O)c3ccc4ccccc4c3)C2)c2ccccc2n1. The lowest BCUT2D eigenvalue weighted by molar-refractivity contribution is 0.248. The Hall–Kier alpha value is -3.53. The number of nitrogens with one attached hydrogen (secondary N) is 2. The van der Waals surface area contributed by atoms with Gasteiger partial charge in [-0.2, -0.15) is 4.31 Å². The van der Waals surface area contributed by atoms with Gasteiger partial charge in [0.05, 0.1) is 16.1 Å². The lowest BCUT2D eigenvalue weighted by Gasteiger charge is -2.24. The Bertz CT molecular complexity index is 1560. The summed E-state index contributed by atoms with van der Waals surface area (Å²) in [7, 11) is -1.95. The van der Waals surface area contributed by atoms with E-state index in [9.17, 15) is 13.2 Å². The van der Waals surface area contributed by atoms with Crippen molar-refractivity contribution in [3.8, 4) is 0 Å². The van der Waals surface area contributed by atoms with E-state index >= 15 is 0 Å². The van der Waals surface area contributed by atoms with Crippen LogP contribution >= 0.6 is 0 Å². The normalized spacial score (nSPS) is 16.5. The summed E-state index contributed by atoms with van der Waals surface area (Å²) < 4.78 is 28.1. The van der Waals surface area contributed by atoms with Gasteiger partial charge in [0, 0.05) is 43.8 Å². The Morgan fingerprint density at radius 1 is 1.05 bits per heavy atom. The zero-order valence-electron chi connectivity index (χ0n) is 21.0. The number of pyridine rings is 1. The molecule has 1 unspecified atom stereocenters. The molecule has 1 aromatic heterocycles. The highest BCUT2D eigenvalue weighted by Gasteiger charge is 2.33. The van der Waals surface area contributed by atoms with Gasteiger partial charge < -0.3 is 10.6 Å². The van der Waals surface area contributed by atoms with Gasteiger partial charge in [-0.15, -0.1) is 0 Å². The van der Waals surface area contributed by atoms with Gasteiger partial charge in [-0.1, -0.05) is 48.5 Å². The third kappa shape index (κ3) is 5.44. The van der Waals surface area contributed by atoms with Crippen LogP contribution in [-0.4, -0.2) is 67.9 Å². The van der Waals surface area contributed by atoms with E-state index in [0.717, 1.165) is 46.0 Å². The molecule has 8 nitrogen and oxygen atoms in total. The Kier molecular flexibility index (Phi) is 7.10. The van der Waals surface area contributed by atoms with E-state index in [0.29, 0.717) is 24.5 Å². The van der Waals surface area contributed by atoms with Crippen molar-refractivity contribution in [1.29, 1.82) is 0 Å². The molecule has 0 radical (unpaired) electrons. The molecule has 4 aromatic rings. The van der Waals surface area contributed by atoms with Crippen molar-refractivity contribution < 1.29 is 13.2 Å². The minimum absolute atomic E-state index is 0.114. The lowest BCUT2D eigenvalue weighted by Crippen LogP contribution is -2.40. The van der Waals surface area contributed by atoms with E-state index in [1.807, 2.05) is 67.6 Å². The van der Waals surface area contributed by atoms with E-state index in [4.69, 9.17) is 0 Å². The first-order valence-electron chi connectivity index (χ1n) is 12.4. The van der Waals surface area contributed by atoms with Gasteiger partial charge in [0.2, 0.25) is 10.0 Å². The molecule has 37 heavy (non-hydrogen) atoms. The maximum atomic E-state index is 13.3. The van der Waals surface area contributed by atoms with E-state index in [1.165, 1.54) is 4.31 Å². The molecule has 9 heteroatoms. The quantitative estimate of drug-likeness (QED) is 0.383. The van der Waals surface area contributed by atoms with Gasteiger partial charge in [-0.25, -0.2) is 13.2 Å². The Balaban J connectivity index is 1.14. The molecule has 0 saturated carbocycles. The van der Waals surface area contributed by atoms with Crippen molar-refractivity contribution in [2.45, 2.75) is 24.3 Å². The molecule has 2 amide bonds. The second-order valence-corrected chi connectivity index (χ2v) is 11.5. The smallest absolute Gasteiger partial charge is 0.319 e. The molecule has 1 aliphatic heterocycles. The molecule has 0 spiro atoms. The summed E-state index contributed by atoms with van der Waals surface area (Å²) >= 11 is 0. The Morgan fingerprint density at radius 2 is 1.81 bits per heavy atom. The predicted octanol–water partition coefficient (Wildman–Crippen LogP) is 4.21. The molecule has 1 fully saturated rings. The van der Waals surface area contributed by atoms with Crippen LogP contribution in [-0.2, 0) is 10.0 Å². The number of urea groups is 1. The van der Waals surface area contributed by atoms with E-state index < -0.39 is 10.0 Å². The summed E-state index contributed by atoms with van der Waals surface area (Å²) in [6.07, 6.45) is 0.748. The number of carbonyl (C=O) groups is 1. The van der Waals surface area contributed by atoms with Gasteiger partial charge in [0.15, 0.2) is 0 Å². The van der Waals surface area contributed by atoms with Crippen LogP contribution in [0.2, 0.25) is 0 Å². The molecule has 1 atom stereocenters. The second-order valence-electron chi connectivity index (χ2n) is 9.48. The number of benzene rings is 3. The zero-order valence-corrected chi connectivity index (χ0v) is 21.8. The fourth-order valence-electron chi connectivity index (χ4n) is 4.91. The molecular formula is C28H31N5O3S. The number of fused-ring (bicyclic) bond motifs is 2. The van der Waals surface area contributed by atoms with Crippen LogP contribution in [0.3, 0.4) is 0 Å². The Labute approximate surface area is 217 Å². The van der Waals surface area contributed by atoms with Crippen LogP contribution < -0.4 is 10.6 Å². The topological polar surface area (TPSA) is 94.6 Å². The number of carbonyl (C=O) groups excluding carboxylic acids is 1. The first kappa shape index (κ1) is 25.1. The van der Waals surface area contributed by atoms with Gasteiger partial charge in [-0.05, 0) is 54.9 Å². The maximum absolute atomic E-state index is 13.3. The summed E-state index contributed by atoms with van der Waals surface area (Å²) in [6, 6.07) is 22.2. The number of likely N-dealkylation sites (tertiary alicyclic amines) is 1. The van der Waals surface area contributed by atoms with Crippen LogP contribution in [0.4, 0.5) is 10.5 Å². The number of aryl methyl sites for hydroxylation is 1. The Morgan fingerprint density at radius 3 is 2.65 bits per heavy atom. The number of anilines is 1. The third-order valence-corrected chi connectivity index (χ3v) is 8.87. The summed E-state index contributed by atoms with van der Waals surface area (Å²) in [6.45, 7) is 4.41. The molecule has 3 aromatic carbocycles. The van der Waals surface area contributed by atoms with Gasteiger partial charge in [0.25, 0.3) is 0 Å². The number of sulfonamides is 1. The van der Waals surface area contributed by atoms with E-state index in [-0.39, 0.29) is 12.1 Å². The average Bonchev–Trinajstić information content (AvgIpc) is 3.36. The number of para-hydroxylation sites is 1. The fourth-order valence-corrected chi connectivity index (χ4v) is 6.32. The lowest BCUT2D eigenvalue weighted by atomic mass is 10.1. The van der Waals surface area contributed by atoms with Crippen LogP contribution in [0.15, 0.2) is 77.7 Å². The van der Waals surface area contributed by atoms with Crippen LogP contribution in [0, 0.1) is 6.92 Å². The number of hydrogen-bond donors (Lipinski definition) is 2. The highest BCUT2D eigenvalue weighted by molar-refractivity contribution is 7.89. The van der Waals surface area contributed by atoms with Gasteiger partial charge in [-0.3, -0.25) is 9.88 Å². The zero-order chi connectivity index (χ0) is 26.0. The summed E-state index contributed by atoms with van der Waals surface area (Å²) in [5.41, 5.74) is 2.39. The van der Waals surface area contributed by atoms with E-state index in [2.05, 4.69) is 20.5 Å². The standard InChI is InChI=1S/C28H31N5O3S/c1-20-17-27(25-9-5-6-10-26(25)30-20)31-28(34)29-14-16-33-15-13-23(19-33)32(2)37(35,36)24-12-11-21-7-3-4-8-22(21)18-24/h3-12,17-18,23H,13-16,19H2,1-2H3,(H2,29,30,31,34). The average molecular weight is 518 g/mol. The van der Waals surface area contributed by atoms with Gasteiger partial charge >= 0.3 is 6.03 Å². The molecule has 2 heterocycles. The predicted molar refractivity (Wildman–Crippen MR) is 147 cm³/mol. The van der Waals surface area contributed by atoms with Crippen molar-refractivity contribution >= 4 is 43.4 Å². The van der Waals surface area contributed by atoms with Crippen molar-refractivity contribution in [1.82, 2.24) is 19.5 Å². The molecule has 2 N–H and O–H groups in total. The first-order valence-corrected chi connectivity index (χ1v) is 13.9. The highest BCUT2D eigenvalue weighted by atomic mass is 32.2. The number of amides is 2. The van der Waals surface area contributed by atoms with Crippen molar-refractivity contribution in [2.75, 3.05) is 38.5 Å². The fraction of sp³-hybridized carbons (Fsp3) is 0.286. The highest BCUT2D eigenvalue weighted by Crippen LogP contribution is 2.25. The molecule has 192 valence electrons.